The predicted molar refractivity (Wildman–Crippen MR) is 51.0 cm³/mol. The largest absolute Gasteiger partial charge is 0.373 e. The van der Waals surface area contributed by atoms with E-state index in [1.807, 2.05) is 20.8 Å². The zero-order valence-corrected chi connectivity index (χ0v) is 9.15. The molecule has 1 saturated heterocycles. The molecule has 13 heavy (non-hydrogen) atoms. The molecule has 0 aromatic rings. The van der Waals surface area contributed by atoms with Crippen LogP contribution in [0.2, 0.25) is 0 Å². The number of sulfonamides is 1. The molecule has 0 spiro atoms. The van der Waals surface area contributed by atoms with E-state index < -0.39 is 10.0 Å². The van der Waals surface area contributed by atoms with E-state index in [0.717, 1.165) is 0 Å². The lowest BCUT2D eigenvalue weighted by Crippen LogP contribution is -2.41. The average Bonchev–Trinajstić information content (AvgIpc) is 2.59. The highest BCUT2D eigenvalue weighted by atomic mass is 32.2. The van der Waals surface area contributed by atoms with Gasteiger partial charge in [-0.05, 0) is 27.2 Å². The highest BCUT2D eigenvalue weighted by Gasteiger charge is 2.26. The Bertz CT molecular complexity index is 262. The maximum absolute atomic E-state index is 11.4. The minimum Gasteiger partial charge on any atom is -0.373 e. The summed E-state index contributed by atoms with van der Waals surface area (Å²) in [5.74, 6) is 0.162. The molecule has 0 aromatic heterocycles. The number of hydrogen-bond donors (Lipinski definition) is 1. The summed E-state index contributed by atoms with van der Waals surface area (Å²) in [7, 11) is -3.12. The second-order valence-electron chi connectivity index (χ2n) is 4.41. The molecule has 0 aromatic carbocycles. The Labute approximate surface area is 79.7 Å². The summed E-state index contributed by atoms with van der Waals surface area (Å²) in [6.45, 7) is 6.21. The fourth-order valence-electron chi connectivity index (χ4n) is 1.04. The molecule has 1 unspecified atom stereocenters. The quantitative estimate of drug-likeness (QED) is 0.683. The van der Waals surface area contributed by atoms with Gasteiger partial charge in [-0.3, -0.25) is 0 Å². The van der Waals surface area contributed by atoms with Gasteiger partial charge in [-0.15, -0.1) is 0 Å². The molecule has 1 heterocycles. The maximum Gasteiger partial charge on any atom is 0.212 e. The molecular weight excluding hydrogens is 190 g/mol. The summed E-state index contributed by atoms with van der Waals surface area (Å²) in [6, 6.07) is 0. The Morgan fingerprint density at radius 1 is 1.46 bits per heavy atom. The molecule has 0 amide bonds. The normalized spacial score (nSPS) is 23.2. The Balaban J connectivity index is 2.36. The zero-order chi connectivity index (χ0) is 10.1. The van der Waals surface area contributed by atoms with Crippen LogP contribution >= 0.6 is 0 Å². The van der Waals surface area contributed by atoms with E-state index in [4.69, 9.17) is 4.74 Å². The van der Waals surface area contributed by atoms with Crippen molar-refractivity contribution in [2.24, 2.45) is 0 Å². The van der Waals surface area contributed by atoms with Gasteiger partial charge in [-0.25, -0.2) is 13.1 Å². The third-order valence-electron chi connectivity index (χ3n) is 1.57. The second kappa shape index (κ2) is 3.55. The van der Waals surface area contributed by atoms with Gasteiger partial charge in [0.25, 0.3) is 0 Å². The van der Waals surface area contributed by atoms with Crippen molar-refractivity contribution in [3.8, 4) is 0 Å². The van der Waals surface area contributed by atoms with Gasteiger partial charge in [-0.1, -0.05) is 0 Å². The lowest BCUT2D eigenvalue weighted by molar-refractivity contribution is 0.402. The van der Waals surface area contributed by atoms with E-state index in [1.54, 1.807) is 0 Å². The molecule has 5 heteroatoms. The molecule has 1 fully saturated rings. The van der Waals surface area contributed by atoms with Gasteiger partial charge >= 0.3 is 0 Å². The Morgan fingerprint density at radius 2 is 2.00 bits per heavy atom. The van der Waals surface area contributed by atoms with Crippen LogP contribution in [0, 0.1) is 0 Å². The molecule has 1 rings (SSSR count). The first-order valence-corrected chi connectivity index (χ1v) is 6.07. The van der Waals surface area contributed by atoms with Crippen LogP contribution in [-0.2, 0) is 14.8 Å². The molecule has 78 valence electrons. The van der Waals surface area contributed by atoms with Crippen LogP contribution in [0.1, 0.15) is 27.2 Å². The maximum atomic E-state index is 11.4. The molecule has 1 aliphatic heterocycles. The molecule has 0 aliphatic carbocycles. The minimum atomic E-state index is -3.12. The first kappa shape index (κ1) is 10.9. The third kappa shape index (κ3) is 5.23. The van der Waals surface area contributed by atoms with Crippen molar-refractivity contribution in [3.05, 3.63) is 0 Å². The fraction of sp³-hybridized carbons (Fsp3) is 1.00. The summed E-state index contributed by atoms with van der Waals surface area (Å²) in [6.07, 6.45) is 0.780. The molecule has 0 saturated carbocycles. The molecule has 1 N–H and O–H groups in total. The number of epoxide rings is 1. The molecule has 4 nitrogen and oxygen atoms in total. The summed E-state index contributed by atoms with van der Waals surface area (Å²) >= 11 is 0. The highest BCUT2D eigenvalue weighted by molar-refractivity contribution is 7.89. The Hall–Kier alpha value is -0.130. The van der Waals surface area contributed by atoms with Crippen LogP contribution in [0.25, 0.3) is 0 Å². The van der Waals surface area contributed by atoms with Gasteiger partial charge in [0.2, 0.25) is 10.0 Å². The smallest absolute Gasteiger partial charge is 0.212 e. The van der Waals surface area contributed by atoms with Crippen molar-refractivity contribution in [1.29, 1.82) is 0 Å². The van der Waals surface area contributed by atoms with E-state index in [9.17, 15) is 8.42 Å². The average molecular weight is 207 g/mol. The first-order chi connectivity index (χ1) is 5.79. The van der Waals surface area contributed by atoms with Crippen LogP contribution < -0.4 is 4.72 Å². The fourth-order valence-corrected chi connectivity index (χ4v) is 2.65. The topological polar surface area (TPSA) is 58.7 Å². The second-order valence-corrected chi connectivity index (χ2v) is 6.26. The lowest BCUT2D eigenvalue weighted by atomic mass is 10.1. The van der Waals surface area contributed by atoms with Crippen molar-refractivity contribution in [2.75, 3.05) is 12.4 Å². The van der Waals surface area contributed by atoms with Crippen molar-refractivity contribution in [1.82, 2.24) is 4.72 Å². The van der Waals surface area contributed by atoms with Gasteiger partial charge in [-0.2, -0.15) is 0 Å². The number of rotatable bonds is 4. The first-order valence-electron chi connectivity index (χ1n) is 4.42. The molecule has 0 radical (unpaired) electrons. The summed E-state index contributed by atoms with van der Waals surface area (Å²) in [5, 5.41) is 0. The van der Waals surface area contributed by atoms with Gasteiger partial charge in [0.1, 0.15) is 0 Å². The molecule has 1 aliphatic rings. The Kier molecular flexibility index (Phi) is 2.99. The highest BCUT2D eigenvalue weighted by Crippen LogP contribution is 2.14. The van der Waals surface area contributed by atoms with Crippen LogP contribution in [0.3, 0.4) is 0 Å². The molecule has 1 atom stereocenters. The van der Waals surface area contributed by atoms with E-state index in [0.29, 0.717) is 13.0 Å². The van der Waals surface area contributed by atoms with E-state index in [1.165, 1.54) is 0 Å². The van der Waals surface area contributed by atoms with Crippen LogP contribution in [-0.4, -0.2) is 32.4 Å². The van der Waals surface area contributed by atoms with Crippen LogP contribution in [0.15, 0.2) is 0 Å². The molecular formula is C8H17NO3S. The summed E-state index contributed by atoms with van der Waals surface area (Å²) < 4.78 is 30.4. The predicted octanol–water partition coefficient (Wildman–Crippen LogP) is 0.493. The van der Waals surface area contributed by atoms with Gasteiger partial charge in [0, 0.05) is 5.54 Å². The molecule has 0 bridgehead atoms. The minimum absolute atomic E-state index is 0.162. The monoisotopic (exact) mass is 207 g/mol. The summed E-state index contributed by atoms with van der Waals surface area (Å²) in [4.78, 5) is 0. The van der Waals surface area contributed by atoms with E-state index in [2.05, 4.69) is 4.72 Å². The SMILES string of the molecule is CC(C)(C)NS(=O)(=O)CCC1CO1. The number of hydrogen-bond acceptors (Lipinski definition) is 3. The lowest BCUT2D eigenvalue weighted by Gasteiger charge is -2.19. The number of ether oxygens (including phenoxy) is 1. The van der Waals surface area contributed by atoms with E-state index >= 15 is 0 Å². The van der Waals surface area contributed by atoms with Crippen molar-refractivity contribution in [3.63, 3.8) is 0 Å². The zero-order valence-electron chi connectivity index (χ0n) is 8.33. The van der Waals surface area contributed by atoms with Gasteiger partial charge in [0.05, 0.1) is 18.5 Å². The van der Waals surface area contributed by atoms with Crippen LogP contribution in [0.4, 0.5) is 0 Å². The third-order valence-corrected chi connectivity index (χ3v) is 3.27. The van der Waals surface area contributed by atoms with Crippen molar-refractivity contribution in [2.45, 2.75) is 38.8 Å². The van der Waals surface area contributed by atoms with Gasteiger partial charge < -0.3 is 4.74 Å². The van der Waals surface area contributed by atoms with Crippen molar-refractivity contribution >= 4 is 10.0 Å². The standard InChI is InChI=1S/C8H17NO3S/c1-8(2,3)9-13(10,11)5-4-7-6-12-7/h7,9H,4-6H2,1-3H3. The summed E-state index contributed by atoms with van der Waals surface area (Å²) in [5.41, 5.74) is -0.386. The van der Waals surface area contributed by atoms with E-state index in [-0.39, 0.29) is 17.4 Å². The van der Waals surface area contributed by atoms with Gasteiger partial charge in [0.15, 0.2) is 0 Å². The number of nitrogens with one attached hydrogen (secondary N) is 1. The van der Waals surface area contributed by atoms with Crippen molar-refractivity contribution < 1.29 is 13.2 Å². The van der Waals surface area contributed by atoms with Crippen LogP contribution in [0.5, 0.6) is 0 Å². The Morgan fingerprint density at radius 3 is 2.38 bits per heavy atom.